The third-order valence-electron chi connectivity index (χ3n) is 4.27. The summed E-state index contributed by atoms with van der Waals surface area (Å²) in [6.45, 7) is 3.83. The van der Waals surface area contributed by atoms with Crippen LogP contribution in [0.3, 0.4) is 0 Å². The number of hydrogen-bond donors (Lipinski definition) is 1. The van der Waals surface area contributed by atoms with Crippen molar-refractivity contribution in [3.8, 4) is 0 Å². The Bertz CT molecular complexity index is 515. The third kappa shape index (κ3) is 4.54. The Hall–Kier alpha value is -0.910. The first-order valence-electron chi connectivity index (χ1n) is 7.41. The zero-order valence-electron chi connectivity index (χ0n) is 13.4. The predicted octanol–water partition coefficient (Wildman–Crippen LogP) is 2.36. The van der Waals surface area contributed by atoms with Crippen molar-refractivity contribution in [1.82, 2.24) is 10.2 Å². The number of carbonyl (C=O) groups excluding carboxylic acids is 1. The molecule has 1 heterocycles. The van der Waals surface area contributed by atoms with Crippen LogP contribution in [0.2, 0.25) is 0 Å². The molecule has 1 N–H and O–H groups in total. The van der Waals surface area contributed by atoms with Gasteiger partial charge in [0.05, 0.1) is 12.0 Å². The normalized spacial score (nSPS) is 20.6. The number of piperidine rings is 1. The molecule has 0 radical (unpaired) electrons. The monoisotopic (exact) mass is 344 g/mol. The second-order valence-corrected chi connectivity index (χ2v) is 7.07. The maximum atomic E-state index is 12.5. The summed E-state index contributed by atoms with van der Waals surface area (Å²) in [6.07, 6.45) is 3.70. The Morgan fingerprint density at radius 1 is 1.36 bits per heavy atom. The van der Waals surface area contributed by atoms with E-state index in [0.717, 1.165) is 36.4 Å². The lowest BCUT2D eigenvalue weighted by molar-refractivity contribution is -0.136. The second kappa shape index (κ2) is 8.65. The fourth-order valence-electron chi connectivity index (χ4n) is 2.70. The van der Waals surface area contributed by atoms with Gasteiger partial charge in [0.25, 0.3) is 0 Å². The molecule has 124 valence electrons. The average molecular weight is 345 g/mol. The highest BCUT2D eigenvalue weighted by molar-refractivity contribution is 7.84. The van der Waals surface area contributed by atoms with Gasteiger partial charge in [-0.05, 0) is 44.0 Å². The summed E-state index contributed by atoms with van der Waals surface area (Å²) >= 11 is 0. The highest BCUT2D eigenvalue weighted by Gasteiger charge is 2.26. The number of hydrogen-bond acceptors (Lipinski definition) is 3. The number of amides is 1. The highest BCUT2D eigenvalue weighted by atomic mass is 35.5. The molecule has 1 fully saturated rings. The molecule has 4 nitrogen and oxygen atoms in total. The first kappa shape index (κ1) is 19.1. The highest BCUT2D eigenvalue weighted by Crippen LogP contribution is 2.23. The van der Waals surface area contributed by atoms with E-state index in [0.29, 0.717) is 0 Å². The van der Waals surface area contributed by atoms with Crippen molar-refractivity contribution in [3.05, 3.63) is 29.8 Å². The van der Waals surface area contributed by atoms with Crippen LogP contribution >= 0.6 is 12.4 Å². The second-order valence-electron chi connectivity index (χ2n) is 5.69. The molecule has 0 aromatic heterocycles. The fraction of sp³-hybridized carbons (Fsp3) is 0.562. The van der Waals surface area contributed by atoms with Crippen molar-refractivity contribution < 1.29 is 9.00 Å². The van der Waals surface area contributed by atoms with E-state index >= 15 is 0 Å². The van der Waals surface area contributed by atoms with Crippen LogP contribution in [0, 0.1) is 5.92 Å². The molecular formula is C16H25ClN2O2S. The molecule has 1 aliphatic heterocycles. The number of carbonyl (C=O) groups is 1. The molecule has 3 atom stereocenters. The van der Waals surface area contributed by atoms with Gasteiger partial charge in [0.15, 0.2) is 0 Å². The van der Waals surface area contributed by atoms with Crippen LogP contribution in [0.5, 0.6) is 0 Å². The topological polar surface area (TPSA) is 49.4 Å². The van der Waals surface area contributed by atoms with E-state index in [-0.39, 0.29) is 30.3 Å². The molecule has 0 bridgehead atoms. The Morgan fingerprint density at radius 3 is 2.50 bits per heavy atom. The van der Waals surface area contributed by atoms with E-state index in [1.165, 1.54) is 0 Å². The Balaban J connectivity index is 0.00000242. The van der Waals surface area contributed by atoms with Gasteiger partial charge in [-0.2, -0.15) is 0 Å². The zero-order chi connectivity index (χ0) is 15.4. The van der Waals surface area contributed by atoms with Gasteiger partial charge in [0, 0.05) is 35.5 Å². The van der Waals surface area contributed by atoms with Gasteiger partial charge in [-0.3, -0.25) is 9.00 Å². The first-order chi connectivity index (χ1) is 10.0. The number of halogens is 1. The Labute approximate surface area is 141 Å². The lowest BCUT2D eigenvalue weighted by Crippen LogP contribution is -2.42. The molecule has 0 aliphatic carbocycles. The summed E-state index contributed by atoms with van der Waals surface area (Å²) in [4.78, 5) is 15.2. The Morgan fingerprint density at radius 2 is 2.00 bits per heavy atom. The third-order valence-corrected chi connectivity index (χ3v) is 5.21. The number of rotatable bonds is 4. The SMILES string of the molecule is CC(c1ccc(S(C)=O)cc1)N(C)C(=O)C1CCCNC1.Cl. The van der Waals surface area contributed by atoms with Crippen molar-refractivity contribution in [2.75, 3.05) is 26.4 Å². The maximum absolute atomic E-state index is 12.5. The molecule has 3 unspecified atom stereocenters. The van der Waals surface area contributed by atoms with E-state index in [1.807, 2.05) is 43.1 Å². The van der Waals surface area contributed by atoms with Crippen molar-refractivity contribution in [2.24, 2.45) is 5.92 Å². The minimum absolute atomic E-state index is 0. The van der Waals surface area contributed by atoms with Crippen molar-refractivity contribution in [2.45, 2.75) is 30.7 Å². The van der Waals surface area contributed by atoms with Gasteiger partial charge in [0.1, 0.15) is 0 Å². The summed E-state index contributed by atoms with van der Waals surface area (Å²) < 4.78 is 11.4. The molecular weight excluding hydrogens is 320 g/mol. The molecule has 6 heteroatoms. The van der Waals surface area contributed by atoms with Crippen LogP contribution in [0.1, 0.15) is 31.4 Å². The minimum atomic E-state index is -0.963. The summed E-state index contributed by atoms with van der Waals surface area (Å²) in [5.41, 5.74) is 1.07. The van der Waals surface area contributed by atoms with E-state index in [1.54, 1.807) is 6.26 Å². The van der Waals surface area contributed by atoms with Gasteiger partial charge in [-0.25, -0.2) is 0 Å². The Kier molecular flexibility index (Phi) is 7.53. The predicted molar refractivity (Wildman–Crippen MR) is 92.8 cm³/mol. The van der Waals surface area contributed by atoms with Crippen LogP contribution in [0.25, 0.3) is 0 Å². The largest absolute Gasteiger partial charge is 0.339 e. The molecule has 22 heavy (non-hydrogen) atoms. The fourth-order valence-corrected chi connectivity index (χ4v) is 3.22. The van der Waals surface area contributed by atoms with Gasteiger partial charge >= 0.3 is 0 Å². The molecule has 1 aromatic rings. The van der Waals surface area contributed by atoms with Crippen molar-refractivity contribution in [1.29, 1.82) is 0 Å². The van der Waals surface area contributed by atoms with Gasteiger partial charge < -0.3 is 10.2 Å². The maximum Gasteiger partial charge on any atom is 0.227 e. The van der Waals surface area contributed by atoms with Crippen LogP contribution in [0.15, 0.2) is 29.2 Å². The molecule has 1 saturated heterocycles. The van der Waals surface area contributed by atoms with Crippen molar-refractivity contribution in [3.63, 3.8) is 0 Å². The lowest BCUT2D eigenvalue weighted by Gasteiger charge is -2.31. The quantitative estimate of drug-likeness (QED) is 0.912. The smallest absolute Gasteiger partial charge is 0.227 e. The van der Waals surface area contributed by atoms with Crippen molar-refractivity contribution >= 4 is 29.1 Å². The summed E-state index contributed by atoms with van der Waals surface area (Å²) in [7, 11) is 0.906. The summed E-state index contributed by atoms with van der Waals surface area (Å²) in [6, 6.07) is 7.71. The van der Waals surface area contributed by atoms with E-state index < -0.39 is 10.8 Å². The molecule has 2 rings (SSSR count). The molecule has 0 spiro atoms. The molecule has 1 aromatic carbocycles. The van der Waals surface area contributed by atoms with Gasteiger partial charge in [0.2, 0.25) is 5.91 Å². The van der Waals surface area contributed by atoms with Crippen LogP contribution < -0.4 is 5.32 Å². The molecule has 1 aliphatic rings. The molecule has 1 amide bonds. The average Bonchev–Trinajstić information content (AvgIpc) is 2.53. The lowest BCUT2D eigenvalue weighted by atomic mass is 9.97. The van der Waals surface area contributed by atoms with Crippen LogP contribution in [0.4, 0.5) is 0 Å². The van der Waals surface area contributed by atoms with Gasteiger partial charge in [-0.1, -0.05) is 12.1 Å². The van der Waals surface area contributed by atoms with Crippen LogP contribution in [-0.2, 0) is 15.6 Å². The number of nitrogens with zero attached hydrogens (tertiary/aromatic N) is 1. The summed E-state index contributed by atoms with van der Waals surface area (Å²) in [5, 5.41) is 3.29. The minimum Gasteiger partial charge on any atom is -0.339 e. The number of nitrogens with one attached hydrogen (secondary N) is 1. The number of benzene rings is 1. The van der Waals surface area contributed by atoms with E-state index in [4.69, 9.17) is 0 Å². The van der Waals surface area contributed by atoms with E-state index in [9.17, 15) is 9.00 Å². The van der Waals surface area contributed by atoms with E-state index in [2.05, 4.69) is 5.32 Å². The first-order valence-corrected chi connectivity index (χ1v) is 8.97. The zero-order valence-corrected chi connectivity index (χ0v) is 15.0. The molecule has 0 saturated carbocycles. The summed E-state index contributed by atoms with van der Waals surface area (Å²) in [5.74, 6) is 0.298. The standard InChI is InChI=1S/C16H24N2O2S.ClH/c1-12(13-6-8-15(9-7-13)21(3)20)18(2)16(19)14-5-4-10-17-11-14;/h6-9,12,14,17H,4-5,10-11H2,1-3H3;1H. The van der Waals surface area contributed by atoms with Crippen LogP contribution in [-0.4, -0.2) is 41.4 Å². The van der Waals surface area contributed by atoms with Gasteiger partial charge in [-0.15, -0.1) is 12.4 Å².